The molecule has 20 heavy (non-hydrogen) atoms. The number of nitrogens with one attached hydrogen (secondary N) is 1. The first-order valence-corrected chi connectivity index (χ1v) is 6.11. The lowest BCUT2D eigenvalue weighted by Crippen LogP contribution is -1.82. The highest BCUT2D eigenvalue weighted by Crippen LogP contribution is 2.26. The Balaban J connectivity index is 1.91. The topological polar surface area (TPSA) is 107 Å². The second-order valence-corrected chi connectivity index (χ2v) is 4.61. The van der Waals surface area contributed by atoms with Gasteiger partial charge in [-0.15, -0.1) is 0 Å². The van der Waals surface area contributed by atoms with E-state index >= 15 is 0 Å². The molecule has 0 aliphatic rings. The van der Waals surface area contributed by atoms with Gasteiger partial charge in [0.25, 0.3) is 5.89 Å². The van der Waals surface area contributed by atoms with Gasteiger partial charge in [0, 0.05) is 11.4 Å². The number of hydrogen-bond donors (Lipinski definition) is 3. The molecule has 0 radical (unpaired) electrons. The highest BCUT2D eigenvalue weighted by Gasteiger charge is 2.12. The minimum absolute atomic E-state index is 0.431. The Morgan fingerprint density at radius 2 is 1.70 bits per heavy atom. The van der Waals surface area contributed by atoms with Gasteiger partial charge in [-0.1, -0.05) is 0 Å². The molecule has 5 N–H and O–H groups in total. The first-order valence-electron chi connectivity index (χ1n) is 6.11. The summed E-state index contributed by atoms with van der Waals surface area (Å²) in [5, 5.41) is 0. The minimum atomic E-state index is 0.431. The van der Waals surface area contributed by atoms with Gasteiger partial charge in [-0.2, -0.15) is 0 Å². The molecule has 2 aromatic heterocycles. The van der Waals surface area contributed by atoms with E-state index < -0.39 is 0 Å². The predicted octanol–water partition coefficient (Wildman–Crippen LogP) is 2.54. The number of nitrogen functional groups attached to an aromatic ring is 2. The van der Waals surface area contributed by atoms with Crippen LogP contribution in [0.5, 0.6) is 0 Å². The monoisotopic (exact) mass is 265 g/mol. The van der Waals surface area contributed by atoms with Gasteiger partial charge in [0.05, 0.1) is 11.0 Å². The fraction of sp³-hybridized carbons (Fsp3) is 0. The third-order valence-electron chi connectivity index (χ3n) is 3.12. The van der Waals surface area contributed by atoms with Crippen LogP contribution in [0.3, 0.4) is 0 Å². The van der Waals surface area contributed by atoms with Gasteiger partial charge in [-0.05, 0) is 36.4 Å². The molecule has 2 aromatic carbocycles. The molecule has 0 saturated carbocycles. The fourth-order valence-corrected chi connectivity index (χ4v) is 2.17. The molecule has 0 spiro atoms. The Bertz CT molecular complexity index is 859. The fourth-order valence-electron chi connectivity index (χ4n) is 2.17. The van der Waals surface area contributed by atoms with Gasteiger partial charge >= 0.3 is 0 Å². The van der Waals surface area contributed by atoms with Gasteiger partial charge < -0.3 is 20.9 Å². The number of hydrogen-bond acceptors (Lipinski definition) is 5. The molecule has 0 fully saturated rings. The van der Waals surface area contributed by atoms with Crippen LogP contribution in [0, 0.1) is 0 Å². The number of benzene rings is 2. The van der Waals surface area contributed by atoms with E-state index in [1.54, 1.807) is 24.3 Å². The van der Waals surface area contributed by atoms with E-state index in [-0.39, 0.29) is 0 Å². The molecule has 0 atom stereocenters. The largest absolute Gasteiger partial charge is 0.434 e. The molecule has 98 valence electrons. The number of H-pyrrole nitrogens is 1. The summed E-state index contributed by atoms with van der Waals surface area (Å²) >= 11 is 0. The number of nitrogens with two attached hydrogens (primary N) is 2. The van der Waals surface area contributed by atoms with E-state index in [4.69, 9.17) is 15.9 Å². The summed E-state index contributed by atoms with van der Waals surface area (Å²) in [5.74, 6) is 1.00. The van der Waals surface area contributed by atoms with Crippen molar-refractivity contribution in [3.05, 3.63) is 36.4 Å². The first kappa shape index (κ1) is 10.9. The summed E-state index contributed by atoms with van der Waals surface area (Å²) < 4.78 is 5.68. The minimum Gasteiger partial charge on any atom is -0.434 e. The summed E-state index contributed by atoms with van der Waals surface area (Å²) in [5.41, 5.74) is 15.9. The summed E-state index contributed by atoms with van der Waals surface area (Å²) in [6.45, 7) is 0. The van der Waals surface area contributed by atoms with Crippen molar-refractivity contribution in [3.63, 3.8) is 0 Å². The Labute approximate surface area is 113 Å². The van der Waals surface area contributed by atoms with E-state index in [1.165, 1.54) is 0 Å². The van der Waals surface area contributed by atoms with Gasteiger partial charge in [0.2, 0.25) is 0 Å². The van der Waals surface area contributed by atoms with E-state index in [1.807, 2.05) is 12.1 Å². The smallest absolute Gasteiger partial charge is 0.264 e. The third kappa shape index (κ3) is 1.58. The summed E-state index contributed by atoms with van der Waals surface area (Å²) in [6.07, 6.45) is 0. The number of rotatable bonds is 1. The molecule has 0 amide bonds. The summed E-state index contributed by atoms with van der Waals surface area (Å²) in [4.78, 5) is 12.0. The first-order chi connectivity index (χ1) is 9.69. The van der Waals surface area contributed by atoms with Crippen LogP contribution in [0.1, 0.15) is 0 Å². The Kier molecular flexibility index (Phi) is 2.03. The maximum atomic E-state index is 5.75. The lowest BCUT2D eigenvalue weighted by Gasteiger charge is -1.89. The average molecular weight is 265 g/mol. The summed E-state index contributed by atoms with van der Waals surface area (Å²) in [6, 6.07) is 10.8. The number of aromatic amines is 1. The molecule has 0 unspecified atom stereocenters. The van der Waals surface area contributed by atoms with Crippen LogP contribution in [-0.4, -0.2) is 15.0 Å². The highest BCUT2D eigenvalue weighted by molar-refractivity contribution is 5.83. The number of oxazole rings is 1. The van der Waals surface area contributed by atoms with Crippen LogP contribution in [0.25, 0.3) is 33.8 Å². The molecule has 0 aliphatic carbocycles. The Morgan fingerprint density at radius 1 is 0.900 bits per heavy atom. The normalized spacial score (nSPS) is 11.4. The molecule has 6 heteroatoms. The predicted molar refractivity (Wildman–Crippen MR) is 77.9 cm³/mol. The quantitative estimate of drug-likeness (QED) is 0.458. The zero-order chi connectivity index (χ0) is 13.7. The number of nitrogens with zero attached hydrogens (tertiary/aromatic N) is 2. The molecule has 0 saturated heterocycles. The highest BCUT2D eigenvalue weighted by atomic mass is 16.3. The Hall–Kier alpha value is -3.02. The van der Waals surface area contributed by atoms with Crippen molar-refractivity contribution >= 4 is 33.5 Å². The lowest BCUT2D eigenvalue weighted by molar-refractivity contribution is 0.614. The molecule has 4 rings (SSSR count). The third-order valence-corrected chi connectivity index (χ3v) is 3.12. The number of fused-ring (bicyclic) bond motifs is 2. The second-order valence-electron chi connectivity index (χ2n) is 4.61. The number of aromatic nitrogens is 3. The van der Waals surface area contributed by atoms with Crippen LogP contribution in [0.2, 0.25) is 0 Å². The molecular formula is C14H11N5O. The summed E-state index contributed by atoms with van der Waals surface area (Å²) in [7, 11) is 0. The van der Waals surface area contributed by atoms with Gasteiger partial charge in [0.15, 0.2) is 11.4 Å². The standard InChI is InChI=1S/C14H11N5O/c15-7-1-3-9-10(5-7)18-13(17-9)14-19-11-6-8(16)2-4-12(11)20-14/h1-6H,15-16H2,(H,17,18). The number of imidazole rings is 1. The average Bonchev–Trinajstić information content (AvgIpc) is 3.00. The molecule has 0 bridgehead atoms. The van der Waals surface area contributed by atoms with Crippen LogP contribution in [0.4, 0.5) is 11.4 Å². The molecule has 4 aromatic rings. The van der Waals surface area contributed by atoms with Crippen molar-refractivity contribution in [1.82, 2.24) is 15.0 Å². The zero-order valence-electron chi connectivity index (χ0n) is 10.4. The lowest BCUT2D eigenvalue weighted by atomic mass is 10.3. The van der Waals surface area contributed by atoms with E-state index in [0.29, 0.717) is 34.2 Å². The van der Waals surface area contributed by atoms with E-state index in [9.17, 15) is 0 Å². The van der Waals surface area contributed by atoms with Gasteiger partial charge in [-0.25, -0.2) is 9.97 Å². The van der Waals surface area contributed by atoms with Crippen molar-refractivity contribution in [2.45, 2.75) is 0 Å². The van der Waals surface area contributed by atoms with E-state index in [0.717, 1.165) is 11.0 Å². The van der Waals surface area contributed by atoms with E-state index in [2.05, 4.69) is 15.0 Å². The van der Waals surface area contributed by atoms with Crippen molar-refractivity contribution in [2.75, 3.05) is 11.5 Å². The van der Waals surface area contributed by atoms with Crippen LogP contribution < -0.4 is 11.5 Å². The van der Waals surface area contributed by atoms with Crippen molar-refractivity contribution in [3.8, 4) is 11.7 Å². The maximum absolute atomic E-state index is 5.75. The molecular weight excluding hydrogens is 254 g/mol. The van der Waals surface area contributed by atoms with Crippen LogP contribution in [0.15, 0.2) is 40.8 Å². The van der Waals surface area contributed by atoms with Crippen LogP contribution >= 0.6 is 0 Å². The maximum Gasteiger partial charge on any atom is 0.264 e. The SMILES string of the molecule is Nc1ccc2oc(-c3nc4ccc(N)cc4[nH]3)nc2c1. The zero-order valence-corrected chi connectivity index (χ0v) is 10.4. The second kappa shape index (κ2) is 3.74. The van der Waals surface area contributed by atoms with Crippen molar-refractivity contribution in [2.24, 2.45) is 0 Å². The van der Waals surface area contributed by atoms with Gasteiger partial charge in [0.1, 0.15) is 5.52 Å². The van der Waals surface area contributed by atoms with Crippen LogP contribution in [-0.2, 0) is 0 Å². The van der Waals surface area contributed by atoms with Gasteiger partial charge in [-0.3, -0.25) is 0 Å². The molecule has 6 nitrogen and oxygen atoms in total. The Morgan fingerprint density at radius 3 is 2.60 bits per heavy atom. The van der Waals surface area contributed by atoms with Crippen molar-refractivity contribution < 1.29 is 4.42 Å². The number of anilines is 2. The van der Waals surface area contributed by atoms with Crippen molar-refractivity contribution in [1.29, 1.82) is 0 Å². The molecule has 0 aliphatic heterocycles. The molecule has 2 heterocycles.